The summed E-state index contributed by atoms with van der Waals surface area (Å²) in [4.78, 5) is 25.6. The van der Waals surface area contributed by atoms with Crippen LogP contribution in [0.25, 0.3) is 0 Å². The van der Waals surface area contributed by atoms with Gasteiger partial charge in [-0.25, -0.2) is 4.39 Å². The quantitative estimate of drug-likeness (QED) is 0.717. The van der Waals surface area contributed by atoms with Gasteiger partial charge in [0.25, 0.3) is 0 Å². The van der Waals surface area contributed by atoms with Crippen LogP contribution in [0, 0.1) is 5.82 Å². The Balaban J connectivity index is 1.55. The molecule has 0 aliphatic carbocycles. The van der Waals surface area contributed by atoms with Gasteiger partial charge in [-0.1, -0.05) is 18.2 Å². The average molecular weight is 337 g/mol. The predicted octanol–water partition coefficient (Wildman–Crippen LogP) is 0.323. The Morgan fingerprint density at radius 3 is 2.62 bits per heavy atom. The van der Waals surface area contributed by atoms with E-state index in [2.05, 4.69) is 15.5 Å². The molecule has 0 radical (unpaired) electrons. The van der Waals surface area contributed by atoms with Crippen LogP contribution in [0.2, 0.25) is 0 Å². The number of nitrogens with zero attached hydrogens (tertiary/aromatic N) is 1. The molecule has 0 bridgehead atoms. The van der Waals surface area contributed by atoms with Crippen LogP contribution in [0.3, 0.4) is 0 Å². The number of aryl methyl sites for hydroxylation is 1. The highest BCUT2D eigenvalue weighted by Gasteiger charge is 2.11. The van der Waals surface area contributed by atoms with Crippen molar-refractivity contribution in [3.05, 3.63) is 35.6 Å². The molecule has 0 saturated carbocycles. The van der Waals surface area contributed by atoms with Gasteiger partial charge in [-0.2, -0.15) is 0 Å². The van der Waals surface area contributed by atoms with Crippen LogP contribution in [-0.4, -0.2) is 62.7 Å². The highest BCUT2D eigenvalue weighted by molar-refractivity contribution is 5.84. The van der Waals surface area contributed by atoms with E-state index in [0.717, 1.165) is 32.8 Å². The Morgan fingerprint density at radius 2 is 1.88 bits per heavy atom. The molecule has 0 aromatic heterocycles. The summed E-state index contributed by atoms with van der Waals surface area (Å²) in [7, 11) is 0. The van der Waals surface area contributed by atoms with E-state index >= 15 is 0 Å². The molecule has 1 fully saturated rings. The Hall–Kier alpha value is -1.99. The van der Waals surface area contributed by atoms with Gasteiger partial charge in [0.1, 0.15) is 5.82 Å². The molecule has 2 N–H and O–H groups in total. The van der Waals surface area contributed by atoms with Gasteiger partial charge in [-0.05, 0) is 18.1 Å². The predicted molar refractivity (Wildman–Crippen MR) is 88.0 cm³/mol. The van der Waals surface area contributed by atoms with Gasteiger partial charge in [-0.3, -0.25) is 14.5 Å². The minimum Gasteiger partial charge on any atom is -0.379 e. The molecule has 1 heterocycles. The smallest absolute Gasteiger partial charge is 0.239 e. The van der Waals surface area contributed by atoms with Gasteiger partial charge < -0.3 is 15.4 Å². The van der Waals surface area contributed by atoms with E-state index in [1.54, 1.807) is 18.2 Å². The molecule has 1 aromatic carbocycles. The molecule has 1 saturated heterocycles. The first-order valence-corrected chi connectivity index (χ1v) is 8.22. The zero-order chi connectivity index (χ0) is 17.2. The largest absolute Gasteiger partial charge is 0.379 e. The Bertz CT molecular complexity index is 548. The minimum absolute atomic E-state index is 0.0563. The molecule has 0 spiro atoms. The summed E-state index contributed by atoms with van der Waals surface area (Å²) in [6.07, 6.45) is 0.471. The normalized spacial score (nSPS) is 15.0. The number of ether oxygens (including phenoxy) is 1. The zero-order valence-electron chi connectivity index (χ0n) is 13.7. The second kappa shape index (κ2) is 10.00. The van der Waals surface area contributed by atoms with Crippen molar-refractivity contribution in [2.75, 3.05) is 45.9 Å². The Kier molecular flexibility index (Phi) is 7.64. The van der Waals surface area contributed by atoms with E-state index < -0.39 is 0 Å². The molecule has 24 heavy (non-hydrogen) atoms. The van der Waals surface area contributed by atoms with E-state index in [4.69, 9.17) is 4.74 Å². The van der Waals surface area contributed by atoms with Crippen LogP contribution in [0.1, 0.15) is 12.0 Å². The molecule has 1 aromatic rings. The topological polar surface area (TPSA) is 70.7 Å². The first-order valence-electron chi connectivity index (χ1n) is 8.22. The SMILES string of the molecule is O=C(CCc1ccccc1F)NCC(=O)NCCN1CCOCC1. The van der Waals surface area contributed by atoms with Crippen molar-refractivity contribution in [2.24, 2.45) is 0 Å². The standard InChI is InChI=1S/C17H24FN3O3/c18-15-4-2-1-3-14(15)5-6-16(22)20-13-17(23)19-7-8-21-9-11-24-12-10-21/h1-4H,5-13H2,(H,19,23)(H,20,22). The van der Waals surface area contributed by atoms with E-state index in [1.165, 1.54) is 6.07 Å². The summed E-state index contributed by atoms with van der Waals surface area (Å²) < 4.78 is 18.7. The van der Waals surface area contributed by atoms with Crippen LogP contribution in [0.4, 0.5) is 4.39 Å². The highest BCUT2D eigenvalue weighted by atomic mass is 19.1. The lowest BCUT2D eigenvalue weighted by molar-refractivity contribution is -0.126. The number of amides is 2. The number of benzene rings is 1. The first kappa shape index (κ1) is 18.4. The van der Waals surface area contributed by atoms with Crippen LogP contribution in [0.15, 0.2) is 24.3 Å². The summed E-state index contributed by atoms with van der Waals surface area (Å²) in [6, 6.07) is 6.37. The van der Waals surface area contributed by atoms with E-state index in [9.17, 15) is 14.0 Å². The molecule has 1 aliphatic rings. The third-order valence-electron chi connectivity index (χ3n) is 3.88. The lowest BCUT2D eigenvalue weighted by Crippen LogP contribution is -2.43. The lowest BCUT2D eigenvalue weighted by Gasteiger charge is -2.26. The van der Waals surface area contributed by atoms with E-state index in [1.807, 2.05) is 0 Å². The van der Waals surface area contributed by atoms with Crippen molar-refractivity contribution in [1.29, 1.82) is 0 Å². The third kappa shape index (κ3) is 6.64. The molecule has 0 unspecified atom stereocenters. The van der Waals surface area contributed by atoms with Crippen molar-refractivity contribution in [3.8, 4) is 0 Å². The van der Waals surface area contributed by atoms with Crippen molar-refractivity contribution in [2.45, 2.75) is 12.8 Å². The van der Waals surface area contributed by atoms with E-state index in [0.29, 0.717) is 18.5 Å². The fourth-order valence-corrected chi connectivity index (χ4v) is 2.46. The summed E-state index contributed by atoms with van der Waals surface area (Å²) >= 11 is 0. The molecule has 6 nitrogen and oxygen atoms in total. The lowest BCUT2D eigenvalue weighted by atomic mass is 10.1. The van der Waals surface area contributed by atoms with Crippen molar-refractivity contribution < 1.29 is 18.7 Å². The fourth-order valence-electron chi connectivity index (χ4n) is 2.46. The summed E-state index contributed by atoms with van der Waals surface area (Å²) in [5.74, 6) is -0.796. The van der Waals surface area contributed by atoms with Crippen molar-refractivity contribution in [3.63, 3.8) is 0 Å². The first-order chi connectivity index (χ1) is 11.6. The van der Waals surface area contributed by atoms with Crippen LogP contribution in [-0.2, 0) is 20.7 Å². The highest BCUT2D eigenvalue weighted by Crippen LogP contribution is 2.08. The molecule has 0 atom stereocenters. The van der Waals surface area contributed by atoms with Gasteiger partial charge in [0.15, 0.2) is 0 Å². The van der Waals surface area contributed by atoms with Crippen LogP contribution in [0.5, 0.6) is 0 Å². The van der Waals surface area contributed by atoms with Crippen LogP contribution < -0.4 is 10.6 Å². The molecule has 2 amide bonds. The minimum atomic E-state index is -0.314. The fraction of sp³-hybridized carbons (Fsp3) is 0.529. The van der Waals surface area contributed by atoms with E-state index in [-0.39, 0.29) is 30.6 Å². The summed E-state index contributed by atoms with van der Waals surface area (Å²) in [6.45, 7) is 4.48. The number of carbonyl (C=O) groups excluding carboxylic acids is 2. The average Bonchev–Trinajstić information content (AvgIpc) is 2.60. The maximum Gasteiger partial charge on any atom is 0.239 e. The summed E-state index contributed by atoms with van der Waals surface area (Å²) in [5.41, 5.74) is 0.502. The molecule has 132 valence electrons. The molecule has 1 aliphatic heterocycles. The number of halogens is 1. The third-order valence-corrected chi connectivity index (χ3v) is 3.88. The van der Waals surface area contributed by atoms with Crippen LogP contribution >= 0.6 is 0 Å². The van der Waals surface area contributed by atoms with Gasteiger partial charge in [0.2, 0.25) is 11.8 Å². The molecular formula is C17H24FN3O3. The number of hydrogen-bond acceptors (Lipinski definition) is 4. The Morgan fingerprint density at radius 1 is 1.12 bits per heavy atom. The second-order valence-electron chi connectivity index (χ2n) is 5.67. The van der Waals surface area contributed by atoms with Crippen molar-refractivity contribution >= 4 is 11.8 Å². The number of rotatable bonds is 8. The maximum atomic E-state index is 13.4. The zero-order valence-corrected chi connectivity index (χ0v) is 13.7. The van der Waals surface area contributed by atoms with Gasteiger partial charge in [0.05, 0.1) is 19.8 Å². The van der Waals surface area contributed by atoms with Gasteiger partial charge in [-0.15, -0.1) is 0 Å². The van der Waals surface area contributed by atoms with Crippen molar-refractivity contribution in [1.82, 2.24) is 15.5 Å². The van der Waals surface area contributed by atoms with Gasteiger partial charge in [0, 0.05) is 32.6 Å². The number of nitrogens with one attached hydrogen (secondary N) is 2. The number of hydrogen-bond donors (Lipinski definition) is 2. The maximum absolute atomic E-state index is 13.4. The van der Waals surface area contributed by atoms with Gasteiger partial charge >= 0.3 is 0 Å². The molecule has 2 rings (SSSR count). The molecule has 7 heteroatoms. The number of carbonyl (C=O) groups is 2. The number of morpholine rings is 1. The molecular weight excluding hydrogens is 313 g/mol. The Labute approximate surface area is 141 Å². The summed E-state index contributed by atoms with van der Waals surface area (Å²) in [5, 5.41) is 5.33. The monoisotopic (exact) mass is 337 g/mol. The second-order valence-corrected chi connectivity index (χ2v) is 5.67.